The molecule has 1 unspecified atom stereocenters. The number of aromatic nitrogens is 2. The van der Waals surface area contributed by atoms with Crippen LogP contribution in [0.3, 0.4) is 0 Å². The number of nitrogens with zero attached hydrogens (tertiary/aromatic N) is 3. The molecule has 5 nitrogen and oxygen atoms in total. The summed E-state index contributed by atoms with van der Waals surface area (Å²) in [5, 5.41) is 12.0. The molecule has 2 aromatic rings. The summed E-state index contributed by atoms with van der Waals surface area (Å²) in [7, 11) is 1.80. The van der Waals surface area contributed by atoms with Crippen LogP contribution < -0.4 is 10.1 Å². The second-order valence-electron chi connectivity index (χ2n) is 4.46. The Labute approximate surface area is 132 Å². The molecule has 1 aromatic heterocycles. The van der Waals surface area contributed by atoms with Gasteiger partial charge in [0.05, 0.1) is 23.2 Å². The molecule has 0 saturated carbocycles. The largest absolute Gasteiger partial charge is 0.492 e. The summed E-state index contributed by atoms with van der Waals surface area (Å²) in [4.78, 5) is 8.37. The molecule has 0 fully saturated rings. The second-order valence-corrected chi connectivity index (χ2v) is 4.87. The van der Waals surface area contributed by atoms with Crippen LogP contribution in [0, 0.1) is 17.1 Å². The summed E-state index contributed by atoms with van der Waals surface area (Å²) in [5.41, 5.74) is 0.110. The Morgan fingerprint density at radius 2 is 2.14 bits per heavy atom. The maximum absolute atomic E-state index is 13.3. The van der Waals surface area contributed by atoms with Crippen molar-refractivity contribution in [3.05, 3.63) is 52.8 Å². The fraction of sp³-hybridized carbons (Fsp3) is 0.267. The van der Waals surface area contributed by atoms with Gasteiger partial charge in [0.1, 0.15) is 23.5 Å². The van der Waals surface area contributed by atoms with E-state index >= 15 is 0 Å². The molecule has 0 spiro atoms. The van der Waals surface area contributed by atoms with E-state index in [0.717, 1.165) is 6.07 Å². The quantitative estimate of drug-likeness (QED) is 0.886. The number of halogens is 2. The topological polar surface area (TPSA) is 70.8 Å². The lowest BCUT2D eigenvalue weighted by Crippen LogP contribution is -2.21. The summed E-state index contributed by atoms with van der Waals surface area (Å²) < 4.78 is 18.9. The van der Waals surface area contributed by atoms with E-state index in [9.17, 15) is 4.39 Å². The summed E-state index contributed by atoms with van der Waals surface area (Å²) in [6.45, 7) is 0.306. The van der Waals surface area contributed by atoms with Gasteiger partial charge in [-0.05, 0) is 19.2 Å². The minimum Gasteiger partial charge on any atom is -0.492 e. The van der Waals surface area contributed by atoms with Gasteiger partial charge in [0, 0.05) is 24.9 Å². The highest BCUT2D eigenvalue weighted by molar-refractivity contribution is 6.30. The molecule has 0 amide bonds. The van der Waals surface area contributed by atoms with E-state index in [-0.39, 0.29) is 22.4 Å². The lowest BCUT2D eigenvalue weighted by atomic mass is 10.2. The van der Waals surface area contributed by atoms with Crippen LogP contribution in [0.25, 0.3) is 0 Å². The molecule has 0 aliphatic rings. The number of ether oxygens (including phenoxy) is 1. The van der Waals surface area contributed by atoms with Gasteiger partial charge in [0.25, 0.3) is 0 Å². The molecular formula is C15H14ClFN4O. The molecule has 22 heavy (non-hydrogen) atoms. The Bertz CT molecular complexity index is 675. The third-order valence-electron chi connectivity index (χ3n) is 3.05. The van der Waals surface area contributed by atoms with Gasteiger partial charge in [0.15, 0.2) is 0 Å². The van der Waals surface area contributed by atoms with Crippen molar-refractivity contribution in [3.8, 4) is 11.8 Å². The van der Waals surface area contributed by atoms with Gasteiger partial charge in [0.2, 0.25) is 0 Å². The van der Waals surface area contributed by atoms with E-state index in [1.54, 1.807) is 25.5 Å². The molecule has 0 radical (unpaired) electrons. The van der Waals surface area contributed by atoms with Crippen LogP contribution in [0.2, 0.25) is 5.02 Å². The fourth-order valence-corrected chi connectivity index (χ4v) is 2.07. The van der Waals surface area contributed by atoms with Gasteiger partial charge in [-0.15, -0.1) is 0 Å². The summed E-state index contributed by atoms with van der Waals surface area (Å²) in [6, 6.07) is 5.92. The Kier molecular flexibility index (Phi) is 5.64. The zero-order chi connectivity index (χ0) is 15.9. The Morgan fingerprint density at radius 3 is 2.77 bits per heavy atom. The second kappa shape index (κ2) is 7.69. The normalized spacial score (nSPS) is 11.7. The molecule has 0 bridgehead atoms. The van der Waals surface area contributed by atoms with Crippen LogP contribution in [-0.4, -0.2) is 23.6 Å². The molecule has 1 heterocycles. The number of nitriles is 1. The summed E-state index contributed by atoms with van der Waals surface area (Å²) >= 11 is 5.71. The highest BCUT2D eigenvalue weighted by Gasteiger charge is 2.14. The Morgan fingerprint density at radius 1 is 1.41 bits per heavy atom. The van der Waals surface area contributed by atoms with Crippen molar-refractivity contribution in [1.29, 1.82) is 5.26 Å². The van der Waals surface area contributed by atoms with Crippen LogP contribution in [0.1, 0.15) is 23.9 Å². The van der Waals surface area contributed by atoms with E-state index in [4.69, 9.17) is 21.6 Å². The smallest absolute Gasteiger partial charge is 0.145 e. The highest BCUT2D eigenvalue weighted by Crippen LogP contribution is 2.26. The van der Waals surface area contributed by atoms with E-state index < -0.39 is 5.82 Å². The lowest BCUT2D eigenvalue weighted by molar-refractivity contribution is 0.286. The average Bonchev–Trinajstić information content (AvgIpc) is 2.55. The first-order valence-electron chi connectivity index (χ1n) is 6.61. The predicted octanol–water partition coefficient (Wildman–Crippen LogP) is 2.87. The first-order valence-corrected chi connectivity index (χ1v) is 6.99. The first-order chi connectivity index (χ1) is 10.7. The lowest BCUT2D eigenvalue weighted by Gasteiger charge is -2.15. The zero-order valence-electron chi connectivity index (χ0n) is 11.9. The Balaban J connectivity index is 2.02. The maximum atomic E-state index is 13.3. The molecule has 0 aliphatic carbocycles. The van der Waals surface area contributed by atoms with Crippen LogP contribution in [0.5, 0.6) is 5.75 Å². The number of rotatable bonds is 6. The summed E-state index contributed by atoms with van der Waals surface area (Å²) in [5.74, 6) is 0.278. The van der Waals surface area contributed by atoms with E-state index in [2.05, 4.69) is 15.3 Å². The standard InChI is InChI=1S/C15H14ClFN4O/c1-19-13(15-20-4-2-5-21-15)3-6-22-14-8-11(16)12(17)7-10(14)9-18/h2,4-5,7-8,13,19H,3,6H2,1H3. The highest BCUT2D eigenvalue weighted by atomic mass is 35.5. The minimum atomic E-state index is -0.642. The molecule has 1 N–H and O–H groups in total. The van der Waals surface area contributed by atoms with E-state index in [0.29, 0.717) is 18.9 Å². The van der Waals surface area contributed by atoms with Crippen molar-refractivity contribution in [2.45, 2.75) is 12.5 Å². The van der Waals surface area contributed by atoms with Gasteiger partial charge >= 0.3 is 0 Å². The van der Waals surface area contributed by atoms with Crippen molar-refractivity contribution >= 4 is 11.6 Å². The average molecular weight is 321 g/mol. The summed E-state index contributed by atoms with van der Waals surface area (Å²) in [6.07, 6.45) is 3.92. The number of hydrogen-bond donors (Lipinski definition) is 1. The number of nitrogens with one attached hydrogen (secondary N) is 1. The van der Waals surface area contributed by atoms with Gasteiger partial charge in [-0.1, -0.05) is 11.6 Å². The zero-order valence-corrected chi connectivity index (χ0v) is 12.6. The molecule has 1 aromatic carbocycles. The SMILES string of the molecule is CNC(CCOc1cc(Cl)c(F)cc1C#N)c1ncccn1. The number of benzene rings is 1. The molecule has 0 saturated heterocycles. The molecule has 1 atom stereocenters. The predicted molar refractivity (Wildman–Crippen MR) is 80.1 cm³/mol. The minimum absolute atomic E-state index is 0.0782. The van der Waals surface area contributed by atoms with E-state index in [1.165, 1.54) is 6.07 Å². The molecule has 7 heteroatoms. The Hall–Kier alpha value is -2.23. The molecule has 2 rings (SSSR count). The van der Waals surface area contributed by atoms with Crippen LogP contribution in [0.15, 0.2) is 30.6 Å². The van der Waals surface area contributed by atoms with Crippen molar-refractivity contribution in [1.82, 2.24) is 15.3 Å². The monoisotopic (exact) mass is 320 g/mol. The van der Waals surface area contributed by atoms with Crippen LogP contribution in [0.4, 0.5) is 4.39 Å². The van der Waals surface area contributed by atoms with Crippen molar-refractivity contribution in [3.63, 3.8) is 0 Å². The van der Waals surface area contributed by atoms with Gasteiger partial charge in [-0.3, -0.25) is 0 Å². The van der Waals surface area contributed by atoms with E-state index in [1.807, 2.05) is 6.07 Å². The van der Waals surface area contributed by atoms with Crippen LogP contribution in [-0.2, 0) is 0 Å². The third kappa shape index (κ3) is 3.91. The fourth-order valence-electron chi connectivity index (χ4n) is 1.92. The molecular weight excluding hydrogens is 307 g/mol. The maximum Gasteiger partial charge on any atom is 0.145 e. The van der Waals surface area contributed by atoms with Gasteiger partial charge in [-0.2, -0.15) is 5.26 Å². The van der Waals surface area contributed by atoms with Gasteiger partial charge in [-0.25, -0.2) is 14.4 Å². The van der Waals surface area contributed by atoms with Crippen molar-refractivity contribution in [2.75, 3.05) is 13.7 Å². The third-order valence-corrected chi connectivity index (χ3v) is 3.34. The van der Waals surface area contributed by atoms with Crippen molar-refractivity contribution in [2.24, 2.45) is 0 Å². The van der Waals surface area contributed by atoms with Gasteiger partial charge < -0.3 is 10.1 Å². The molecule has 0 aliphatic heterocycles. The molecule has 114 valence electrons. The van der Waals surface area contributed by atoms with Crippen molar-refractivity contribution < 1.29 is 9.13 Å². The number of hydrogen-bond acceptors (Lipinski definition) is 5. The van der Waals surface area contributed by atoms with Crippen LogP contribution >= 0.6 is 11.6 Å². The first kappa shape index (κ1) is 16.1.